The van der Waals surface area contributed by atoms with Crippen LogP contribution in [-0.2, 0) is 5.41 Å². The Balaban J connectivity index is 1.53. The second kappa shape index (κ2) is 7.78. The van der Waals surface area contributed by atoms with E-state index < -0.39 is 0 Å². The summed E-state index contributed by atoms with van der Waals surface area (Å²) in [5, 5.41) is 4.66. The van der Waals surface area contributed by atoms with Crippen LogP contribution < -0.4 is 0 Å². The first-order chi connectivity index (χ1) is 16.5. The molecular weight excluding hydrogens is 412 g/mol. The molecule has 4 aromatic carbocycles. The van der Waals surface area contributed by atoms with Crippen molar-refractivity contribution in [3.8, 4) is 22.4 Å². The van der Waals surface area contributed by atoms with Crippen LogP contribution in [0.25, 0.3) is 55.0 Å². The highest BCUT2D eigenvalue weighted by Gasteiger charge is 2.15. The zero-order valence-corrected chi connectivity index (χ0v) is 19.7. The third-order valence-corrected chi connectivity index (χ3v) is 6.69. The molecule has 0 radical (unpaired) electrons. The number of pyridine rings is 2. The first kappa shape index (κ1) is 20.6. The van der Waals surface area contributed by atoms with Crippen LogP contribution in [0.15, 0.2) is 103 Å². The Morgan fingerprint density at radius 2 is 1.21 bits per heavy atom. The molecule has 2 heteroatoms. The Bertz CT molecular complexity index is 1670. The quantitative estimate of drug-likeness (QED) is 0.253. The van der Waals surface area contributed by atoms with Crippen molar-refractivity contribution >= 4 is 32.6 Å². The first-order valence-corrected chi connectivity index (χ1v) is 11.8. The maximum absolute atomic E-state index is 5.10. The zero-order valence-electron chi connectivity index (χ0n) is 19.7. The summed E-state index contributed by atoms with van der Waals surface area (Å²) in [6.45, 7) is 6.75. The molecule has 0 unspecified atom stereocenters. The lowest BCUT2D eigenvalue weighted by atomic mass is 9.85. The minimum Gasteiger partial charge on any atom is -0.254 e. The Kier molecular flexibility index (Phi) is 4.70. The van der Waals surface area contributed by atoms with Gasteiger partial charge in [-0.25, -0.2) is 4.98 Å². The standard InChI is InChI=1S/C32H26N2/c1-32(2,3)24-15-12-21(13-16-24)25-17-18-28(27-9-5-4-8-26(25)27)29-19-14-23-11-10-22-7-6-20-33-30(22)31(23)34-29/h4-20H,1-3H3. The third kappa shape index (κ3) is 3.43. The topological polar surface area (TPSA) is 25.8 Å². The van der Waals surface area contributed by atoms with Gasteiger partial charge in [0.15, 0.2) is 0 Å². The Hall–Kier alpha value is -4.04. The summed E-state index contributed by atoms with van der Waals surface area (Å²) < 4.78 is 0. The minimum absolute atomic E-state index is 0.144. The predicted molar refractivity (Wildman–Crippen MR) is 144 cm³/mol. The van der Waals surface area contributed by atoms with E-state index in [-0.39, 0.29) is 5.41 Å². The average molecular weight is 439 g/mol. The maximum Gasteiger partial charge on any atom is 0.0972 e. The lowest BCUT2D eigenvalue weighted by molar-refractivity contribution is 0.590. The number of fused-ring (bicyclic) bond motifs is 4. The molecule has 2 nitrogen and oxygen atoms in total. The fourth-order valence-corrected chi connectivity index (χ4v) is 4.80. The third-order valence-electron chi connectivity index (χ3n) is 6.69. The summed E-state index contributed by atoms with van der Waals surface area (Å²) in [5.41, 5.74) is 7.97. The predicted octanol–water partition coefficient (Wildman–Crippen LogP) is 8.57. The SMILES string of the molecule is CC(C)(C)c1ccc(-c2ccc(-c3ccc4ccc5cccnc5c4n3)c3ccccc23)cc1. The summed E-state index contributed by atoms with van der Waals surface area (Å²) >= 11 is 0. The van der Waals surface area contributed by atoms with Crippen LogP contribution in [0.3, 0.4) is 0 Å². The van der Waals surface area contributed by atoms with Gasteiger partial charge in [-0.15, -0.1) is 0 Å². The van der Waals surface area contributed by atoms with Crippen LogP contribution in [0.5, 0.6) is 0 Å². The van der Waals surface area contributed by atoms with Crippen LogP contribution in [0.4, 0.5) is 0 Å². The number of nitrogens with zero attached hydrogens (tertiary/aromatic N) is 2. The van der Waals surface area contributed by atoms with E-state index in [0.29, 0.717) is 0 Å². The summed E-state index contributed by atoms with van der Waals surface area (Å²) in [5.74, 6) is 0. The van der Waals surface area contributed by atoms with E-state index in [9.17, 15) is 0 Å². The van der Waals surface area contributed by atoms with Gasteiger partial charge in [0.1, 0.15) is 0 Å². The molecule has 0 saturated heterocycles. The van der Waals surface area contributed by atoms with Crippen LogP contribution >= 0.6 is 0 Å². The van der Waals surface area contributed by atoms with E-state index in [1.54, 1.807) is 0 Å². The lowest BCUT2D eigenvalue weighted by Crippen LogP contribution is -2.10. The molecule has 0 amide bonds. The Labute approximate surface area is 199 Å². The van der Waals surface area contributed by atoms with Gasteiger partial charge in [-0.2, -0.15) is 0 Å². The van der Waals surface area contributed by atoms with Gasteiger partial charge in [0, 0.05) is 22.5 Å². The van der Waals surface area contributed by atoms with Gasteiger partial charge in [0.05, 0.1) is 16.7 Å². The van der Waals surface area contributed by atoms with E-state index in [4.69, 9.17) is 4.98 Å². The van der Waals surface area contributed by atoms with Crippen molar-refractivity contribution in [1.82, 2.24) is 9.97 Å². The molecule has 0 aliphatic rings. The second-order valence-corrected chi connectivity index (χ2v) is 9.94. The van der Waals surface area contributed by atoms with Gasteiger partial charge in [0.2, 0.25) is 0 Å². The maximum atomic E-state index is 5.10. The molecule has 0 atom stereocenters. The van der Waals surface area contributed by atoms with E-state index >= 15 is 0 Å². The number of aromatic nitrogens is 2. The molecule has 0 aliphatic carbocycles. The van der Waals surface area contributed by atoms with Crippen LogP contribution in [0.2, 0.25) is 0 Å². The summed E-state index contributed by atoms with van der Waals surface area (Å²) in [6.07, 6.45) is 1.84. The van der Waals surface area contributed by atoms with Crippen molar-refractivity contribution < 1.29 is 0 Å². The molecule has 2 aromatic heterocycles. The molecule has 34 heavy (non-hydrogen) atoms. The summed E-state index contributed by atoms with van der Waals surface area (Å²) in [6, 6.07) is 34.6. The number of benzene rings is 4. The fourth-order valence-electron chi connectivity index (χ4n) is 4.80. The van der Waals surface area contributed by atoms with E-state index in [0.717, 1.165) is 33.1 Å². The van der Waals surface area contributed by atoms with Gasteiger partial charge in [-0.1, -0.05) is 106 Å². The normalized spacial score (nSPS) is 12.0. The van der Waals surface area contributed by atoms with Crippen molar-refractivity contribution in [2.75, 3.05) is 0 Å². The average Bonchev–Trinajstić information content (AvgIpc) is 2.87. The summed E-state index contributed by atoms with van der Waals surface area (Å²) in [4.78, 5) is 9.72. The Morgan fingerprint density at radius 1 is 0.559 bits per heavy atom. The van der Waals surface area contributed by atoms with E-state index in [1.807, 2.05) is 12.3 Å². The molecular formula is C32H26N2. The van der Waals surface area contributed by atoms with Crippen molar-refractivity contribution in [2.45, 2.75) is 26.2 Å². The van der Waals surface area contributed by atoms with Gasteiger partial charge < -0.3 is 0 Å². The summed E-state index contributed by atoms with van der Waals surface area (Å²) in [7, 11) is 0. The van der Waals surface area contributed by atoms with Crippen molar-refractivity contribution in [1.29, 1.82) is 0 Å². The van der Waals surface area contributed by atoms with Crippen LogP contribution in [-0.4, -0.2) is 9.97 Å². The molecule has 0 aliphatic heterocycles. The van der Waals surface area contributed by atoms with E-state index in [2.05, 4.69) is 117 Å². The molecule has 6 aromatic rings. The van der Waals surface area contributed by atoms with Gasteiger partial charge in [-0.3, -0.25) is 4.98 Å². The van der Waals surface area contributed by atoms with Crippen LogP contribution in [0, 0.1) is 0 Å². The monoisotopic (exact) mass is 438 g/mol. The Morgan fingerprint density at radius 3 is 1.94 bits per heavy atom. The minimum atomic E-state index is 0.144. The number of hydrogen-bond acceptors (Lipinski definition) is 2. The molecule has 0 N–H and O–H groups in total. The first-order valence-electron chi connectivity index (χ1n) is 11.8. The highest BCUT2D eigenvalue weighted by Crippen LogP contribution is 2.36. The van der Waals surface area contributed by atoms with Gasteiger partial charge in [-0.05, 0) is 45.0 Å². The smallest absolute Gasteiger partial charge is 0.0972 e. The highest BCUT2D eigenvalue weighted by atomic mass is 14.8. The molecule has 0 fully saturated rings. The van der Waals surface area contributed by atoms with Crippen LogP contribution in [0.1, 0.15) is 26.3 Å². The van der Waals surface area contributed by atoms with Crippen molar-refractivity contribution in [2.24, 2.45) is 0 Å². The molecule has 6 rings (SSSR count). The highest BCUT2D eigenvalue weighted by molar-refractivity contribution is 6.07. The fraction of sp³-hybridized carbons (Fsp3) is 0.125. The molecule has 0 saturated carbocycles. The molecule has 0 spiro atoms. The van der Waals surface area contributed by atoms with Gasteiger partial charge in [0.25, 0.3) is 0 Å². The molecule has 164 valence electrons. The zero-order chi connectivity index (χ0) is 23.3. The van der Waals surface area contributed by atoms with Crippen molar-refractivity contribution in [3.05, 3.63) is 109 Å². The van der Waals surface area contributed by atoms with Crippen molar-refractivity contribution in [3.63, 3.8) is 0 Å². The largest absolute Gasteiger partial charge is 0.254 e. The number of hydrogen-bond donors (Lipinski definition) is 0. The molecule has 0 bridgehead atoms. The van der Waals surface area contributed by atoms with E-state index in [1.165, 1.54) is 27.5 Å². The molecule has 2 heterocycles. The lowest BCUT2D eigenvalue weighted by Gasteiger charge is -2.19. The van der Waals surface area contributed by atoms with Gasteiger partial charge >= 0.3 is 0 Å². The number of rotatable bonds is 2. The second-order valence-electron chi connectivity index (χ2n) is 9.94.